The molecule has 1 aromatic heterocycles. The van der Waals surface area contributed by atoms with Gasteiger partial charge in [0.2, 0.25) is 0 Å². The van der Waals surface area contributed by atoms with Crippen molar-refractivity contribution >= 4 is 16.5 Å². The lowest BCUT2D eigenvalue weighted by molar-refractivity contribution is 0.284. The minimum Gasteiger partial charge on any atom is -0.360 e. The molecule has 0 radical (unpaired) electrons. The minimum atomic E-state index is 0.609. The Labute approximate surface area is 83.8 Å². The Morgan fingerprint density at radius 2 is 2.38 bits per heavy atom. The maximum absolute atomic E-state index is 4.15. The van der Waals surface area contributed by atoms with E-state index in [1.54, 1.807) is 11.3 Å². The van der Waals surface area contributed by atoms with Crippen LogP contribution >= 0.6 is 11.3 Å². The van der Waals surface area contributed by atoms with E-state index in [1.165, 1.54) is 0 Å². The molecule has 4 heteroatoms. The van der Waals surface area contributed by atoms with Crippen molar-refractivity contribution < 1.29 is 0 Å². The third-order valence-electron chi connectivity index (χ3n) is 2.05. The Balaban J connectivity index is 2.14. The number of thiazole rings is 1. The van der Waals surface area contributed by atoms with Crippen molar-refractivity contribution in [3.05, 3.63) is 11.6 Å². The van der Waals surface area contributed by atoms with Crippen molar-refractivity contribution in [3.8, 4) is 0 Å². The highest BCUT2D eigenvalue weighted by molar-refractivity contribution is 7.13. The topological polar surface area (TPSA) is 28.2 Å². The SMILES string of the molecule is CC(C)N(C)CCNc1nccs1. The van der Waals surface area contributed by atoms with Crippen molar-refractivity contribution in [1.82, 2.24) is 9.88 Å². The van der Waals surface area contributed by atoms with E-state index in [4.69, 9.17) is 0 Å². The van der Waals surface area contributed by atoms with Crippen molar-refractivity contribution in [2.75, 3.05) is 25.5 Å². The van der Waals surface area contributed by atoms with Crippen molar-refractivity contribution in [3.63, 3.8) is 0 Å². The molecule has 1 aromatic rings. The van der Waals surface area contributed by atoms with Gasteiger partial charge in [0, 0.05) is 30.7 Å². The first-order valence-electron chi connectivity index (χ1n) is 4.53. The fourth-order valence-corrected chi connectivity index (χ4v) is 1.47. The van der Waals surface area contributed by atoms with Crippen LogP contribution in [0.5, 0.6) is 0 Å². The predicted molar refractivity (Wildman–Crippen MR) is 58.4 cm³/mol. The highest BCUT2D eigenvalue weighted by atomic mass is 32.1. The Morgan fingerprint density at radius 1 is 1.62 bits per heavy atom. The standard InChI is InChI=1S/C9H17N3S/c1-8(2)12(3)6-4-10-9-11-5-7-13-9/h5,7-8H,4,6H2,1-3H3,(H,10,11). The van der Waals surface area contributed by atoms with Crippen molar-refractivity contribution in [2.45, 2.75) is 19.9 Å². The van der Waals surface area contributed by atoms with Crippen LogP contribution in [0.15, 0.2) is 11.6 Å². The summed E-state index contributed by atoms with van der Waals surface area (Å²) >= 11 is 1.64. The summed E-state index contributed by atoms with van der Waals surface area (Å²) < 4.78 is 0. The van der Waals surface area contributed by atoms with Crippen LogP contribution in [0.4, 0.5) is 5.13 Å². The molecule has 74 valence electrons. The van der Waals surface area contributed by atoms with Gasteiger partial charge in [0.25, 0.3) is 0 Å². The predicted octanol–water partition coefficient (Wildman–Crippen LogP) is 1.90. The smallest absolute Gasteiger partial charge is 0.182 e. The number of anilines is 1. The second-order valence-electron chi connectivity index (χ2n) is 3.34. The summed E-state index contributed by atoms with van der Waals surface area (Å²) in [5, 5.41) is 6.27. The number of aromatic nitrogens is 1. The van der Waals surface area contributed by atoms with Crippen molar-refractivity contribution in [1.29, 1.82) is 0 Å². The van der Waals surface area contributed by atoms with Gasteiger partial charge < -0.3 is 10.2 Å². The summed E-state index contributed by atoms with van der Waals surface area (Å²) in [6.07, 6.45) is 1.82. The lowest BCUT2D eigenvalue weighted by Crippen LogP contribution is -2.31. The molecule has 1 rings (SSSR count). The van der Waals surface area contributed by atoms with E-state index in [2.05, 4.69) is 36.1 Å². The molecular weight excluding hydrogens is 182 g/mol. The lowest BCUT2D eigenvalue weighted by atomic mass is 10.3. The first-order chi connectivity index (χ1) is 6.20. The zero-order valence-electron chi connectivity index (χ0n) is 8.45. The fraction of sp³-hybridized carbons (Fsp3) is 0.667. The van der Waals surface area contributed by atoms with Gasteiger partial charge in [-0.2, -0.15) is 0 Å². The van der Waals surface area contributed by atoms with Gasteiger partial charge in [0.15, 0.2) is 5.13 Å². The molecule has 0 bridgehead atoms. The summed E-state index contributed by atoms with van der Waals surface area (Å²) in [5.41, 5.74) is 0. The first kappa shape index (κ1) is 10.5. The molecule has 0 fully saturated rings. The van der Waals surface area contributed by atoms with Crippen LogP contribution in [-0.2, 0) is 0 Å². The van der Waals surface area contributed by atoms with Gasteiger partial charge in [-0.25, -0.2) is 4.98 Å². The molecule has 0 aliphatic carbocycles. The van der Waals surface area contributed by atoms with Crippen LogP contribution in [0, 0.1) is 0 Å². The number of rotatable bonds is 5. The lowest BCUT2D eigenvalue weighted by Gasteiger charge is -2.20. The third kappa shape index (κ3) is 3.74. The maximum atomic E-state index is 4.15. The average molecular weight is 199 g/mol. The highest BCUT2D eigenvalue weighted by Gasteiger charge is 2.01. The van der Waals surface area contributed by atoms with Gasteiger partial charge in [-0.1, -0.05) is 0 Å². The molecule has 0 saturated heterocycles. The molecule has 0 aliphatic heterocycles. The van der Waals surface area contributed by atoms with Gasteiger partial charge in [-0.15, -0.1) is 11.3 Å². The average Bonchev–Trinajstić information content (AvgIpc) is 2.56. The van der Waals surface area contributed by atoms with Crippen LogP contribution in [0.1, 0.15) is 13.8 Å². The molecule has 13 heavy (non-hydrogen) atoms. The van der Waals surface area contributed by atoms with Gasteiger partial charge in [-0.05, 0) is 20.9 Å². The van der Waals surface area contributed by atoms with Crippen LogP contribution in [0.25, 0.3) is 0 Å². The molecule has 1 heterocycles. The van der Waals surface area contributed by atoms with Gasteiger partial charge in [0.05, 0.1) is 0 Å². The van der Waals surface area contributed by atoms with E-state index < -0.39 is 0 Å². The van der Waals surface area contributed by atoms with E-state index in [-0.39, 0.29) is 0 Å². The fourth-order valence-electron chi connectivity index (χ4n) is 0.908. The molecule has 1 N–H and O–H groups in total. The van der Waals surface area contributed by atoms with E-state index >= 15 is 0 Å². The summed E-state index contributed by atoms with van der Waals surface area (Å²) in [7, 11) is 2.13. The molecule has 0 spiro atoms. The number of hydrogen-bond donors (Lipinski definition) is 1. The van der Waals surface area contributed by atoms with Gasteiger partial charge in [-0.3, -0.25) is 0 Å². The third-order valence-corrected chi connectivity index (χ3v) is 2.79. The summed E-state index contributed by atoms with van der Waals surface area (Å²) in [6, 6.07) is 0.609. The number of nitrogens with one attached hydrogen (secondary N) is 1. The Morgan fingerprint density at radius 3 is 2.92 bits per heavy atom. The second-order valence-corrected chi connectivity index (χ2v) is 4.23. The van der Waals surface area contributed by atoms with Crippen LogP contribution in [0.3, 0.4) is 0 Å². The second kappa shape index (κ2) is 5.19. The van der Waals surface area contributed by atoms with Crippen LogP contribution in [0.2, 0.25) is 0 Å². The zero-order chi connectivity index (χ0) is 9.68. The Kier molecular flexibility index (Phi) is 4.18. The molecule has 0 amide bonds. The monoisotopic (exact) mass is 199 g/mol. The normalized spacial score (nSPS) is 11.2. The van der Waals surface area contributed by atoms with Crippen LogP contribution < -0.4 is 5.32 Å². The molecule has 0 aromatic carbocycles. The van der Waals surface area contributed by atoms with Gasteiger partial charge in [0.1, 0.15) is 0 Å². The summed E-state index contributed by atoms with van der Waals surface area (Å²) in [6.45, 7) is 6.41. The molecule has 0 unspecified atom stereocenters. The largest absolute Gasteiger partial charge is 0.360 e. The first-order valence-corrected chi connectivity index (χ1v) is 5.41. The molecule has 0 aliphatic rings. The van der Waals surface area contributed by atoms with E-state index in [0.29, 0.717) is 6.04 Å². The Hall–Kier alpha value is -0.610. The zero-order valence-corrected chi connectivity index (χ0v) is 9.27. The molecule has 3 nitrogen and oxygen atoms in total. The molecular formula is C9H17N3S. The highest BCUT2D eigenvalue weighted by Crippen LogP contribution is 2.09. The quantitative estimate of drug-likeness (QED) is 0.785. The maximum Gasteiger partial charge on any atom is 0.182 e. The Bertz CT molecular complexity index is 221. The number of hydrogen-bond acceptors (Lipinski definition) is 4. The summed E-state index contributed by atoms with van der Waals surface area (Å²) in [5.74, 6) is 0. The summed E-state index contributed by atoms with van der Waals surface area (Å²) in [4.78, 5) is 6.45. The van der Waals surface area contributed by atoms with E-state index in [1.807, 2.05) is 11.6 Å². The molecule has 0 atom stereocenters. The van der Waals surface area contributed by atoms with Gasteiger partial charge >= 0.3 is 0 Å². The number of nitrogens with zero attached hydrogens (tertiary/aromatic N) is 2. The van der Waals surface area contributed by atoms with Crippen LogP contribution in [-0.4, -0.2) is 36.1 Å². The van der Waals surface area contributed by atoms with E-state index in [9.17, 15) is 0 Å². The number of likely N-dealkylation sites (N-methyl/N-ethyl adjacent to an activating group) is 1. The van der Waals surface area contributed by atoms with E-state index in [0.717, 1.165) is 18.2 Å². The van der Waals surface area contributed by atoms with Crippen molar-refractivity contribution in [2.24, 2.45) is 0 Å². The minimum absolute atomic E-state index is 0.609. The molecule has 0 saturated carbocycles.